The molecule has 8 heteroatoms. The Bertz CT molecular complexity index is 538. The zero-order chi connectivity index (χ0) is 16.5. The first-order valence-electron chi connectivity index (χ1n) is 7.55. The second-order valence-corrected chi connectivity index (χ2v) is 5.53. The predicted molar refractivity (Wildman–Crippen MR) is 89.5 cm³/mol. The first-order valence-corrected chi connectivity index (χ1v) is 7.96. The van der Waals surface area contributed by atoms with Crippen molar-refractivity contribution in [3.05, 3.63) is 35.6 Å². The van der Waals surface area contributed by atoms with Crippen LogP contribution in [-0.2, 0) is 4.74 Å². The van der Waals surface area contributed by atoms with E-state index in [4.69, 9.17) is 17.0 Å². The number of nitrogens with zero attached hydrogens (tertiary/aromatic N) is 1. The molecule has 1 aromatic carbocycles. The molecule has 1 heterocycles. The van der Waals surface area contributed by atoms with Gasteiger partial charge in [-0.2, -0.15) is 0 Å². The molecule has 6 nitrogen and oxygen atoms in total. The highest BCUT2D eigenvalue weighted by atomic mass is 32.1. The van der Waals surface area contributed by atoms with Gasteiger partial charge in [-0.25, -0.2) is 4.39 Å². The van der Waals surface area contributed by atoms with Crippen LogP contribution < -0.4 is 16.2 Å². The van der Waals surface area contributed by atoms with Crippen LogP contribution in [0.25, 0.3) is 0 Å². The Morgan fingerprint density at radius 1 is 1.26 bits per heavy atom. The van der Waals surface area contributed by atoms with E-state index in [1.54, 1.807) is 6.07 Å². The summed E-state index contributed by atoms with van der Waals surface area (Å²) in [7, 11) is 0. The summed E-state index contributed by atoms with van der Waals surface area (Å²) in [6, 6.07) is 5.77. The molecule has 23 heavy (non-hydrogen) atoms. The van der Waals surface area contributed by atoms with Gasteiger partial charge in [0.15, 0.2) is 5.11 Å². The van der Waals surface area contributed by atoms with Gasteiger partial charge in [0.2, 0.25) is 0 Å². The molecule has 1 fully saturated rings. The molecule has 1 amide bonds. The highest BCUT2D eigenvalue weighted by Crippen LogP contribution is 2.05. The van der Waals surface area contributed by atoms with Gasteiger partial charge in [-0.15, -0.1) is 0 Å². The molecular formula is C15H21FN4O2S. The Balaban J connectivity index is 1.59. The second-order valence-electron chi connectivity index (χ2n) is 5.12. The average molecular weight is 340 g/mol. The molecule has 1 aliphatic heterocycles. The quantitative estimate of drug-likeness (QED) is 0.416. The predicted octanol–water partition coefficient (Wildman–Crippen LogP) is 0.657. The van der Waals surface area contributed by atoms with Gasteiger partial charge in [0, 0.05) is 19.6 Å². The lowest BCUT2D eigenvalue weighted by Gasteiger charge is -2.26. The number of hydrogen-bond donors (Lipinski definition) is 3. The van der Waals surface area contributed by atoms with Gasteiger partial charge in [-0.3, -0.25) is 20.5 Å². The Labute approximate surface area is 140 Å². The fourth-order valence-corrected chi connectivity index (χ4v) is 2.35. The van der Waals surface area contributed by atoms with E-state index < -0.39 is 11.7 Å². The third-order valence-corrected chi connectivity index (χ3v) is 3.69. The molecular weight excluding hydrogens is 319 g/mol. The number of amides is 1. The second kappa shape index (κ2) is 9.39. The summed E-state index contributed by atoms with van der Waals surface area (Å²) < 4.78 is 18.7. The number of hydrogen-bond acceptors (Lipinski definition) is 4. The number of rotatable bonds is 5. The van der Waals surface area contributed by atoms with Gasteiger partial charge in [0.25, 0.3) is 5.91 Å². The van der Waals surface area contributed by atoms with Crippen molar-refractivity contribution in [2.75, 3.05) is 39.4 Å². The zero-order valence-corrected chi connectivity index (χ0v) is 13.6. The van der Waals surface area contributed by atoms with E-state index in [1.807, 2.05) is 0 Å². The van der Waals surface area contributed by atoms with Crippen molar-refractivity contribution in [1.82, 2.24) is 21.1 Å². The minimum atomic E-state index is -0.573. The zero-order valence-electron chi connectivity index (χ0n) is 12.8. The molecule has 3 N–H and O–H groups in total. The van der Waals surface area contributed by atoms with Crippen molar-refractivity contribution in [1.29, 1.82) is 0 Å². The summed E-state index contributed by atoms with van der Waals surface area (Å²) in [5, 5.41) is 3.30. The molecule has 2 rings (SSSR count). The highest BCUT2D eigenvalue weighted by molar-refractivity contribution is 7.80. The lowest BCUT2D eigenvalue weighted by atomic mass is 10.2. The van der Waals surface area contributed by atoms with E-state index in [9.17, 15) is 9.18 Å². The number of hydrazine groups is 1. The molecule has 0 unspecified atom stereocenters. The molecule has 1 aromatic rings. The maximum atomic E-state index is 13.4. The van der Waals surface area contributed by atoms with Crippen molar-refractivity contribution in [3.63, 3.8) is 0 Å². The van der Waals surface area contributed by atoms with Crippen LogP contribution in [0.5, 0.6) is 0 Å². The minimum absolute atomic E-state index is 0.0323. The van der Waals surface area contributed by atoms with Gasteiger partial charge in [-0.05, 0) is 37.3 Å². The smallest absolute Gasteiger partial charge is 0.272 e. The lowest BCUT2D eigenvalue weighted by Crippen LogP contribution is -2.47. The molecule has 0 radical (unpaired) electrons. The van der Waals surface area contributed by atoms with Crippen LogP contribution >= 0.6 is 12.2 Å². The number of halogens is 1. The van der Waals surface area contributed by atoms with Gasteiger partial charge >= 0.3 is 0 Å². The standard InChI is InChI=1S/C15H21FN4O2S/c16-13-5-2-1-4-12(13)14(21)18-19-15(23)17-6-3-7-20-8-10-22-11-9-20/h1-2,4-5H,3,6-11H2,(H,18,21)(H2,17,19,23). The van der Waals surface area contributed by atoms with E-state index >= 15 is 0 Å². The number of ether oxygens (including phenoxy) is 1. The average Bonchev–Trinajstić information content (AvgIpc) is 2.58. The molecule has 0 atom stereocenters. The lowest BCUT2D eigenvalue weighted by molar-refractivity contribution is 0.0376. The van der Waals surface area contributed by atoms with E-state index in [0.29, 0.717) is 11.7 Å². The SMILES string of the molecule is O=C(NNC(=S)NCCCN1CCOCC1)c1ccccc1F. The van der Waals surface area contributed by atoms with E-state index in [2.05, 4.69) is 21.1 Å². The summed E-state index contributed by atoms with van der Waals surface area (Å²) in [6.07, 6.45) is 0.934. The molecule has 1 aliphatic rings. The number of morpholine rings is 1. The maximum Gasteiger partial charge on any atom is 0.272 e. The van der Waals surface area contributed by atoms with E-state index in [-0.39, 0.29) is 5.56 Å². The van der Waals surface area contributed by atoms with Crippen LogP contribution in [0.2, 0.25) is 0 Å². The van der Waals surface area contributed by atoms with Gasteiger partial charge in [-0.1, -0.05) is 12.1 Å². The molecule has 0 spiro atoms. The van der Waals surface area contributed by atoms with Crippen LogP contribution in [0, 0.1) is 5.82 Å². The van der Waals surface area contributed by atoms with Crippen molar-refractivity contribution in [3.8, 4) is 0 Å². The summed E-state index contributed by atoms with van der Waals surface area (Å²) in [5.74, 6) is -1.14. The van der Waals surface area contributed by atoms with Gasteiger partial charge in [0.1, 0.15) is 5.82 Å². The van der Waals surface area contributed by atoms with E-state index in [0.717, 1.165) is 39.3 Å². The monoisotopic (exact) mass is 340 g/mol. The summed E-state index contributed by atoms with van der Waals surface area (Å²) >= 11 is 5.06. The number of carbonyl (C=O) groups is 1. The summed E-state index contributed by atoms with van der Waals surface area (Å²) in [5.41, 5.74) is 4.91. The van der Waals surface area contributed by atoms with Crippen LogP contribution in [0.15, 0.2) is 24.3 Å². The Kier molecular flexibility index (Phi) is 7.18. The minimum Gasteiger partial charge on any atom is -0.379 e. The van der Waals surface area contributed by atoms with Crippen LogP contribution in [0.1, 0.15) is 16.8 Å². The third kappa shape index (κ3) is 6.09. The third-order valence-electron chi connectivity index (χ3n) is 3.45. The van der Waals surface area contributed by atoms with Gasteiger partial charge in [0.05, 0.1) is 18.8 Å². The number of thiocarbonyl (C=S) groups is 1. The molecule has 0 saturated carbocycles. The van der Waals surface area contributed by atoms with Crippen molar-refractivity contribution >= 4 is 23.2 Å². The first kappa shape index (κ1) is 17.6. The molecule has 0 aromatic heterocycles. The van der Waals surface area contributed by atoms with Crippen LogP contribution in [-0.4, -0.2) is 55.3 Å². The largest absolute Gasteiger partial charge is 0.379 e. The van der Waals surface area contributed by atoms with Crippen LogP contribution in [0.4, 0.5) is 4.39 Å². The van der Waals surface area contributed by atoms with E-state index in [1.165, 1.54) is 18.2 Å². The Morgan fingerprint density at radius 2 is 2.00 bits per heavy atom. The molecule has 126 valence electrons. The number of nitrogens with one attached hydrogen (secondary N) is 3. The van der Waals surface area contributed by atoms with Crippen LogP contribution in [0.3, 0.4) is 0 Å². The molecule has 1 saturated heterocycles. The fraction of sp³-hybridized carbons (Fsp3) is 0.467. The molecule has 0 aliphatic carbocycles. The maximum absolute atomic E-state index is 13.4. The van der Waals surface area contributed by atoms with Crippen molar-refractivity contribution in [2.45, 2.75) is 6.42 Å². The normalized spacial score (nSPS) is 15.0. The van der Waals surface area contributed by atoms with Crippen molar-refractivity contribution in [2.24, 2.45) is 0 Å². The summed E-state index contributed by atoms with van der Waals surface area (Å²) in [6.45, 7) is 5.16. The molecule has 0 bridgehead atoms. The topological polar surface area (TPSA) is 65.6 Å². The number of carbonyl (C=O) groups excluding carboxylic acids is 1. The fourth-order valence-electron chi connectivity index (χ4n) is 2.20. The highest BCUT2D eigenvalue weighted by Gasteiger charge is 2.11. The first-order chi connectivity index (χ1) is 11.2. The summed E-state index contributed by atoms with van der Waals surface area (Å²) in [4.78, 5) is 14.1. The Hall–Kier alpha value is -1.77. The van der Waals surface area contributed by atoms with Crippen molar-refractivity contribution < 1.29 is 13.9 Å². The van der Waals surface area contributed by atoms with Gasteiger partial charge < -0.3 is 10.1 Å². The number of benzene rings is 1. The Morgan fingerprint density at radius 3 is 2.74 bits per heavy atom.